The van der Waals surface area contributed by atoms with Crippen molar-refractivity contribution in [1.29, 1.82) is 0 Å². The number of carbonyl (C=O) groups is 1. The lowest BCUT2D eigenvalue weighted by Gasteiger charge is -2.41. The lowest BCUT2D eigenvalue weighted by Crippen LogP contribution is -2.47. The Bertz CT molecular complexity index is 314. The SMILES string of the molecule is CC(C)CC(C)(S)C(C)(C)C(=O)OC(C(C)C)C(C)I. The van der Waals surface area contributed by atoms with Crippen LogP contribution in [0.1, 0.15) is 61.8 Å². The molecule has 0 N–H and O–H groups in total. The highest BCUT2D eigenvalue weighted by molar-refractivity contribution is 14.1. The van der Waals surface area contributed by atoms with Gasteiger partial charge in [-0.15, -0.1) is 0 Å². The Labute approximate surface area is 144 Å². The summed E-state index contributed by atoms with van der Waals surface area (Å²) >= 11 is 7.10. The van der Waals surface area contributed by atoms with Crippen LogP contribution in [0.25, 0.3) is 0 Å². The molecule has 0 heterocycles. The highest BCUT2D eigenvalue weighted by Crippen LogP contribution is 2.42. The van der Waals surface area contributed by atoms with Crippen LogP contribution in [0.4, 0.5) is 0 Å². The van der Waals surface area contributed by atoms with E-state index in [-0.39, 0.29) is 16.8 Å². The summed E-state index contributed by atoms with van der Waals surface area (Å²) in [5.74, 6) is 0.671. The Morgan fingerprint density at radius 2 is 1.60 bits per heavy atom. The van der Waals surface area contributed by atoms with Gasteiger partial charge in [-0.05, 0) is 46.0 Å². The molecule has 3 unspecified atom stereocenters. The minimum atomic E-state index is -0.612. The average Bonchev–Trinajstić information content (AvgIpc) is 2.22. The Morgan fingerprint density at radius 1 is 1.15 bits per heavy atom. The van der Waals surface area contributed by atoms with Gasteiger partial charge in [0, 0.05) is 8.67 Å². The summed E-state index contributed by atoms with van der Waals surface area (Å²) in [7, 11) is 0. The maximum atomic E-state index is 12.6. The van der Waals surface area contributed by atoms with Crippen molar-refractivity contribution in [2.24, 2.45) is 17.3 Å². The number of halogens is 1. The number of ether oxygens (including phenoxy) is 1. The first-order valence-electron chi connectivity index (χ1n) is 7.40. The number of thiol groups is 1. The zero-order valence-electron chi connectivity index (χ0n) is 14.2. The van der Waals surface area contributed by atoms with Crippen molar-refractivity contribution in [3.05, 3.63) is 0 Å². The van der Waals surface area contributed by atoms with Gasteiger partial charge in [-0.3, -0.25) is 4.79 Å². The van der Waals surface area contributed by atoms with E-state index in [1.54, 1.807) is 0 Å². The van der Waals surface area contributed by atoms with Crippen molar-refractivity contribution in [3.8, 4) is 0 Å². The normalized spacial score (nSPS) is 18.8. The van der Waals surface area contributed by atoms with Crippen molar-refractivity contribution in [2.45, 2.75) is 76.6 Å². The van der Waals surface area contributed by atoms with E-state index in [1.165, 1.54) is 0 Å². The van der Waals surface area contributed by atoms with Gasteiger partial charge in [-0.2, -0.15) is 12.6 Å². The predicted molar refractivity (Wildman–Crippen MR) is 98.8 cm³/mol. The summed E-state index contributed by atoms with van der Waals surface area (Å²) in [6.45, 7) is 16.5. The zero-order chi connectivity index (χ0) is 16.3. The average molecular weight is 414 g/mol. The van der Waals surface area contributed by atoms with E-state index in [0.29, 0.717) is 15.8 Å². The van der Waals surface area contributed by atoms with E-state index in [2.05, 4.69) is 57.2 Å². The highest BCUT2D eigenvalue weighted by Gasteiger charge is 2.46. The fourth-order valence-corrected chi connectivity index (χ4v) is 3.73. The van der Waals surface area contributed by atoms with Crippen LogP contribution in [-0.4, -0.2) is 20.7 Å². The minimum Gasteiger partial charge on any atom is -0.461 e. The first kappa shape index (κ1) is 20.6. The molecule has 0 spiro atoms. The van der Waals surface area contributed by atoms with Crippen molar-refractivity contribution in [1.82, 2.24) is 0 Å². The second-order valence-corrected chi connectivity index (χ2v) is 10.2. The molecule has 0 amide bonds. The molecular formula is C16H31IO2S. The van der Waals surface area contributed by atoms with Gasteiger partial charge >= 0.3 is 5.97 Å². The van der Waals surface area contributed by atoms with Gasteiger partial charge in [0.25, 0.3) is 0 Å². The third-order valence-corrected chi connectivity index (χ3v) is 5.47. The largest absolute Gasteiger partial charge is 0.461 e. The van der Waals surface area contributed by atoms with Crippen molar-refractivity contribution >= 4 is 41.2 Å². The lowest BCUT2D eigenvalue weighted by molar-refractivity contribution is -0.163. The van der Waals surface area contributed by atoms with Crippen LogP contribution < -0.4 is 0 Å². The molecule has 0 aliphatic carbocycles. The molecule has 20 heavy (non-hydrogen) atoms. The molecule has 0 rings (SSSR count). The fraction of sp³-hybridized carbons (Fsp3) is 0.938. The molecule has 0 aromatic rings. The van der Waals surface area contributed by atoms with Crippen LogP contribution in [0.15, 0.2) is 0 Å². The van der Waals surface area contributed by atoms with Crippen LogP contribution in [0, 0.1) is 17.3 Å². The number of hydrogen-bond donors (Lipinski definition) is 1. The molecule has 0 saturated heterocycles. The molecule has 0 radical (unpaired) electrons. The third kappa shape index (κ3) is 5.39. The molecule has 0 aromatic carbocycles. The fourth-order valence-electron chi connectivity index (χ4n) is 2.30. The van der Waals surface area contributed by atoms with E-state index < -0.39 is 5.41 Å². The lowest BCUT2D eigenvalue weighted by atomic mass is 9.75. The first-order chi connectivity index (χ1) is 8.83. The maximum absolute atomic E-state index is 12.6. The first-order valence-corrected chi connectivity index (χ1v) is 9.09. The molecule has 120 valence electrons. The molecule has 2 nitrogen and oxygen atoms in total. The Morgan fingerprint density at radius 3 is 1.90 bits per heavy atom. The quantitative estimate of drug-likeness (QED) is 0.270. The second kappa shape index (κ2) is 7.70. The Hall–Kier alpha value is 0.550. The van der Waals surface area contributed by atoms with E-state index in [9.17, 15) is 4.79 Å². The topological polar surface area (TPSA) is 26.3 Å². The van der Waals surface area contributed by atoms with Gasteiger partial charge in [-0.1, -0.05) is 50.3 Å². The van der Waals surface area contributed by atoms with Gasteiger partial charge in [0.2, 0.25) is 0 Å². The molecule has 0 aliphatic heterocycles. The number of esters is 1. The predicted octanol–water partition coefficient (Wildman–Crippen LogP) is 5.14. The van der Waals surface area contributed by atoms with Crippen molar-refractivity contribution in [3.63, 3.8) is 0 Å². The van der Waals surface area contributed by atoms with Gasteiger partial charge in [-0.25, -0.2) is 0 Å². The Balaban J connectivity index is 5.06. The van der Waals surface area contributed by atoms with Crippen LogP contribution in [-0.2, 0) is 9.53 Å². The number of carbonyl (C=O) groups excluding carboxylic acids is 1. The van der Waals surface area contributed by atoms with Crippen LogP contribution >= 0.6 is 35.2 Å². The van der Waals surface area contributed by atoms with E-state index in [0.717, 1.165) is 6.42 Å². The molecule has 3 atom stereocenters. The molecule has 0 bridgehead atoms. The summed E-state index contributed by atoms with van der Waals surface area (Å²) in [6.07, 6.45) is 0.829. The number of alkyl halides is 1. The standard InChI is InChI=1S/C16H31IO2S/c1-10(2)9-16(8,20)15(6,7)14(18)19-13(11(3)4)12(5)17/h10-13,20H,9H2,1-8H3. The number of rotatable bonds is 7. The monoisotopic (exact) mass is 414 g/mol. The molecule has 0 aromatic heterocycles. The molecule has 0 aliphatic rings. The molecule has 4 heteroatoms. The highest BCUT2D eigenvalue weighted by atomic mass is 127. The van der Waals surface area contributed by atoms with Crippen molar-refractivity contribution in [2.75, 3.05) is 0 Å². The molecule has 0 saturated carbocycles. The summed E-state index contributed by atoms with van der Waals surface area (Å²) in [6, 6.07) is 0. The summed E-state index contributed by atoms with van der Waals surface area (Å²) in [5.41, 5.74) is -0.612. The van der Waals surface area contributed by atoms with Crippen LogP contribution in [0.3, 0.4) is 0 Å². The van der Waals surface area contributed by atoms with Crippen molar-refractivity contribution < 1.29 is 9.53 Å². The van der Waals surface area contributed by atoms with E-state index in [4.69, 9.17) is 17.4 Å². The maximum Gasteiger partial charge on any atom is 0.313 e. The second-order valence-electron chi connectivity index (χ2n) is 7.29. The van der Waals surface area contributed by atoms with Gasteiger partial charge in [0.15, 0.2) is 0 Å². The smallest absolute Gasteiger partial charge is 0.313 e. The van der Waals surface area contributed by atoms with E-state index >= 15 is 0 Å². The minimum absolute atomic E-state index is 0.0504. The molecule has 0 fully saturated rings. The Kier molecular flexibility index (Phi) is 7.92. The van der Waals surface area contributed by atoms with Crippen LogP contribution in [0.2, 0.25) is 0 Å². The number of hydrogen-bond acceptors (Lipinski definition) is 3. The van der Waals surface area contributed by atoms with Gasteiger partial charge < -0.3 is 4.74 Å². The summed E-state index contributed by atoms with van der Waals surface area (Å²) in [5, 5.41) is 0. The summed E-state index contributed by atoms with van der Waals surface area (Å²) in [4.78, 5) is 12.6. The third-order valence-electron chi connectivity index (χ3n) is 4.02. The molecular weight excluding hydrogens is 383 g/mol. The summed E-state index contributed by atoms with van der Waals surface area (Å²) < 4.78 is 5.73. The van der Waals surface area contributed by atoms with Crippen LogP contribution in [0.5, 0.6) is 0 Å². The zero-order valence-corrected chi connectivity index (χ0v) is 17.2. The van der Waals surface area contributed by atoms with Gasteiger partial charge in [0.1, 0.15) is 6.10 Å². The van der Waals surface area contributed by atoms with E-state index in [1.807, 2.05) is 20.8 Å². The van der Waals surface area contributed by atoms with Gasteiger partial charge in [0.05, 0.1) is 5.41 Å².